The van der Waals surface area contributed by atoms with Gasteiger partial charge in [-0.15, -0.1) is 0 Å². The molecule has 1 heterocycles. The van der Waals surface area contributed by atoms with E-state index in [2.05, 4.69) is 21.0 Å². The number of methoxy groups -OCH3 is 1. The summed E-state index contributed by atoms with van der Waals surface area (Å²) in [6.07, 6.45) is 1.62. The third kappa shape index (κ3) is 3.31. The van der Waals surface area contributed by atoms with Crippen molar-refractivity contribution < 1.29 is 9.53 Å². The van der Waals surface area contributed by atoms with E-state index in [0.29, 0.717) is 25.4 Å². The van der Waals surface area contributed by atoms with Gasteiger partial charge in [-0.05, 0) is 6.07 Å². The quantitative estimate of drug-likeness (QED) is 0.731. The molecule has 0 aromatic carbocycles. The van der Waals surface area contributed by atoms with Crippen LogP contribution >= 0.6 is 15.9 Å². The first kappa shape index (κ1) is 13.2. The zero-order valence-electron chi connectivity index (χ0n) is 9.52. The van der Waals surface area contributed by atoms with Gasteiger partial charge in [0.05, 0.1) is 6.61 Å². The minimum Gasteiger partial charge on any atom is -0.383 e. The molecule has 16 heavy (non-hydrogen) atoms. The van der Waals surface area contributed by atoms with Gasteiger partial charge in [0.15, 0.2) is 0 Å². The van der Waals surface area contributed by atoms with Crippen LogP contribution in [0.5, 0.6) is 0 Å². The summed E-state index contributed by atoms with van der Waals surface area (Å²) in [5.74, 6) is -0.0171. The van der Waals surface area contributed by atoms with Crippen molar-refractivity contribution in [3.63, 3.8) is 0 Å². The molecule has 1 aromatic rings. The predicted molar refractivity (Wildman–Crippen MR) is 64.8 cm³/mol. The Kier molecular flexibility index (Phi) is 5.48. The second kappa shape index (κ2) is 6.65. The van der Waals surface area contributed by atoms with Crippen LogP contribution in [0.4, 0.5) is 0 Å². The zero-order chi connectivity index (χ0) is 12.0. The van der Waals surface area contributed by atoms with Crippen LogP contribution < -0.4 is 0 Å². The van der Waals surface area contributed by atoms with Gasteiger partial charge in [-0.1, -0.05) is 15.9 Å². The van der Waals surface area contributed by atoms with Crippen LogP contribution in [0.15, 0.2) is 12.3 Å². The number of alkyl halides is 1. The van der Waals surface area contributed by atoms with Crippen molar-refractivity contribution in [2.45, 2.75) is 0 Å². The van der Waals surface area contributed by atoms with E-state index in [1.807, 2.05) is 0 Å². The van der Waals surface area contributed by atoms with E-state index >= 15 is 0 Å². The molecule has 0 bridgehead atoms. The first-order valence-electron chi connectivity index (χ1n) is 5.03. The summed E-state index contributed by atoms with van der Waals surface area (Å²) in [4.78, 5) is 13.9. The summed E-state index contributed by atoms with van der Waals surface area (Å²) in [5, 5.41) is 4.74. The molecule has 0 aliphatic heterocycles. The first-order valence-corrected chi connectivity index (χ1v) is 6.15. The van der Waals surface area contributed by atoms with Crippen molar-refractivity contribution in [2.24, 2.45) is 7.05 Å². The molecule has 0 saturated carbocycles. The van der Waals surface area contributed by atoms with Crippen molar-refractivity contribution in [1.82, 2.24) is 14.7 Å². The highest BCUT2D eigenvalue weighted by Gasteiger charge is 2.17. The van der Waals surface area contributed by atoms with Crippen LogP contribution in [0.25, 0.3) is 0 Å². The molecule has 5 nitrogen and oxygen atoms in total. The third-order valence-electron chi connectivity index (χ3n) is 2.25. The number of aromatic nitrogens is 2. The van der Waals surface area contributed by atoms with E-state index in [0.717, 1.165) is 5.33 Å². The molecule has 0 radical (unpaired) electrons. The Bertz CT molecular complexity index is 341. The molecule has 0 unspecified atom stereocenters. The molecule has 0 N–H and O–H groups in total. The normalized spacial score (nSPS) is 10.4. The fraction of sp³-hybridized carbons (Fsp3) is 0.600. The van der Waals surface area contributed by atoms with Gasteiger partial charge in [0.2, 0.25) is 0 Å². The van der Waals surface area contributed by atoms with Gasteiger partial charge in [-0.25, -0.2) is 0 Å². The molecule has 1 rings (SSSR count). The van der Waals surface area contributed by atoms with Gasteiger partial charge in [-0.2, -0.15) is 5.10 Å². The summed E-state index contributed by atoms with van der Waals surface area (Å²) >= 11 is 3.33. The number of hydrogen-bond acceptors (Lipinski definition) is 3. The monoisotopic (exact) mass is 289 g/mol. The Morgan fingerprint density at radius 3 is 2.88 bits per heavy atom. The molecule has 1 amide bonds. The first-order chi connectivity index (χ1) is 7.70. The Morgan fingerprint density at radius 2 is 2.38 bits per heavy atom. The molecule has 0 aliphatic rings. The van der Waals surface area contributed by atoms with Crippen LogP contribution in [-0.2, 0) is 11.8 Å². The Morgan fingerprint density at radius 1 is 1.62 bits per heavy atom. The number of nitrogens with zero attached hydrogens (tertiary/aromatic N) is 3. The second-order valence-corrected chi connectivity index (χ2v) is 4.11. The number of aryl methyl sites for hydroxylation is 1. The molecule has 0 aliphatic carbocycles. The lowest BCUT2D eigenvalue weighted by atomic mass is 10.3. The molecular formula is C10H16BrN3O2. The van der Waals surface area contributed by atoms with E-state index in [-0.39, 0.29) is 5.91 Å². The van der Waals surface area contributed by atoms with E-state index in [4.69, 9.17) is 4.74 Å². The average molecular weight is 290 g/mol. The standard InChI is InChI=1S/C10H16BrN3O2/c1-13-9(3-5-12-13)10(15)14(6-4-11)7-8-16-2/h3,5H,4,6-8H2,1-2H3. The smallest absolute Gasteiger partial charge is 0.272 e. The number of amides is 1. The molecule has 0 saturated heterocycles. The van der Waals surface area contributed by atoms with Crippen LogP contribution in [0.3, 0.4) is 0 Å². The Balaban J connectivity index is 2.70. The van der Waals surface area contributed by atoms with Crippen molar-refractivity contribution in [1.29, 1.82) is 0 Å². The zero-order valence-corrected chi connectivity index (χ0v) is 11.1. The topological polar surface area (TPSA) is 47.4 Å². The number of rotatable bonds is 6. The maximum absolute atomic E-state index is 12.1. The fourth-order valence-electron chi connectivity index (χ4n) is 1.36. The minimum absolute atomic E-state index is 0.0171. The van der Waals surface area contributed by atoms with E-state index in [9.17, 15) is 4.79 Å². The number of halogens is 1. The summed E-state index contributed by atoms with van der Waals surface area (Å²) in [6, 6.07) is 1.72. The van der Waals surface area contributed by atoms with Gasteiger partial charge >= 0.3 is 0 Å². The minimum atomic E-state index is -0.0171. The summed E-state index contributed by atoms with van der Waals surface area (Å²) in [7, 11) is 3.39. The second-order valence-electron chi connectivity index (χ2n) is 3.31. The summed E-state index contributed by atoms with van der Waals surface area (Å²) in [5.41, 5.74) is 0.594. The molecular weight excluding hydrogens is 274 g/mol. The van der Waals surface area contributed by atoms with E-state index in [1.165, 1.54) is 0 Å². The fourth-order valence-corrected chi connectivity index (χ4v) is 1.79. The van der Waals surface area contributed by atoms with Crippen LogP contribution in [0.1, 0.15) is 10.5 Å². The van der Waals surface area contributed by atoms with E-state index < -0.39 is 0 Å². The Hall–Kier alpha value is -0.880. The number of carbonyl (C=O) groups excluding carboxylic acids is 1. The molecule has 90 valence electrons. The molecule has 0 fully saturated rings. The van der Waals surface area contributed by atoms with Gasteiger partial charge in [0.1, 0.15) is 5.69 Å². The lowest BCUT2D eigenvalue weighted by Crippen LogP contribution is -2.36. The van der Waals surface area contributed by atoms with Crippen molar-refractivity contribution in [3.05, 3.63) is 18.0 Å². The number of carbonyl (C=O) groups is 1. The molecule has 0 atom stereocenters. The lowest BCUT2D eigenvalue weighted by Gasteiger charge is -2.21. The molecule has 0 spiro atoms. The number of hydrogen-bond donors (Lipinski definition) is 0. The summed E-state index contributed by atoms with van der Waals surface area (Å²) < 4.78 is 6.56. The highest BCUT2D eigenvalue weighted by molar-refractivity contribution is 9.09. The van der Waals surface area contributed by atoms with Crippen LogP contribution in [0, 0.1) is 0 Å². The van der Waals surface area contributed by atoms with Gasteiger partial charge < -0.3 is 9.64 Å². The maximum atomic E-state index is 12.1. The van der Waals surface area contributed by atoms with E-state index in [1.54, 1.807) is 36.0 Å². The van der Waals surface area contributed by atoms with Crippen LogP contribution in [-0.4, -0.2) is 52.7 Å². The summed E-state index contributed by atoms with van der Waals surface area (Å²) in [6.45, 7) is 1.79. The largest absolute Gasteiger partial charge is 0.383 e. The van der Waals surface area contributed by atoms with Crippen molar-refractivity contribution >= 4 is 21.8 Å². The maximum Gasteiger partial charge on any atom is 0.272 e. The highest BCUT2D eigenvalue weighted by Crippen LogP contribution is 2.04. The van der Waals surface area contributed by atoms with Gasteiger partial charge in [0, 0.05) is 38.8 Å². The van der Waals surface area contributed by atoms with Gasteiger partial charge in [-0.3, -0.25) is 9.48 Å². The molecule has 6 heteroatoms. The van der Waals surface area contributed by atoms with Crippen LogP contribution in [0.2, 0.25) is 0 Å². The lowest BCUT2D eigenvalue weighted by molar-refractivity contribution is 0.0698. The predicted octanol–water partition coefficient (Wildman–Crippen LogP) is 0.904. The SMILES string of the molecule is COCCN(CCBr)C(=O)c1ccnn1C. The average Bonchev–Trinajstić information content (AvgIpc) is 2.69. The Labute approximate surface area is 103 Å². The number of ether oxygens (including phenoxy) is 1. The highest BCUT2D eigenvalue weighted by atomic mass is 79.9. The van der Waals surface area contributed by atoms with Crippen molar-refractivity contribution in [3.8, 4) is 0 Å². The van der Waals surface area contributed by atoms with Crippen molar-refractivity contribution in [2.75, 3.05) is 32.1 Å². The third-order valence-corrected chi connectivity index (χ3v) is 2.60. The molecule has 1 aromatic heterocycles. The van der Waals surface area contributed by atoms with Gasteiger partial charge in [0.25, 0.3) is 5.91 Å².